The van der Waals surface area contributed by atoms with Gasteiger partial charge in [-0.15, -0.1) is 11.3 Å². The molecular formula is C19H16Cl2N2O2S. The fourth-order valence-electron chi connectivity index (χ4n) is 2.51. The number of carboxylic acid groups (broad SMARTS) is 1. The summed E-state index contributed by atoms with van der Waals surface area (Å²) in [4.78, 5) is 21.2. The van der Waals surface area contributed by atoms with Crippen molar-refractivity contribution in [2.45, 2.75) is 20.3 Å². The van der Waals surface area contributed by atoms with E-state index in [9.17, 15) is 4.79 Å². The lowest BCUT2D eigenvalue weighted by molar-refractivity contribution is 0.0690. The van der Waals surface area contributed by atoms with Crippen molar-refractivity contribution >= 4 is 40.5 Å². The number of aromatic nitrogens is 2. The van der Waals surface area contributed by atoms with E-state index in [0.29, 0.717) is 26.7 Å². The van der Waals surface area contributed by atoms with Crippen LogP contribution in [0.15, 0.2) is 36.4 Å². The van der Waals surface area contributed by atoms with Gasteiger partial charge in [0.1, 0.15) is 10.7 Å². The van der Waals surface area contributed by atoms with Crippen LogP contribution in [0.1, 0.15) is 29.2 Å². The normalized spacial score (nSPS) is 11.1. The molecule has 1 N–H and O–H groups in total. The summed E-state index contributed by atoms with van der Waals surface area (Å²) in [5, 5.41) is 10.8. The largest absolute Gasteiger partial charge is 0.477 e. The van der Waals surface area contributed by atoms with Gasteiger partial charge in [0.2, 0.25) is 0 Å². The Morgan fingerprint density at radius 3 is 2.58 bits per heavy atom. The third-order valence-corrected chi connectivity index (χ3v) is 5.51. The van der Waals surface area contributed by atoms with Crippen LogP contribution < -0.4 is 0 Å². The Labute approximate surface area is 165 Å². The number of nitrogens with zero attached hydrogens (tertiary/aromatic N) is 2. The Bertz CT molecular complexity index is 970. The van der Waals surface area contributed by atoms with Gasteiger partial charge < -0.3 is 5.11 Å². The molecule has 3 rings (SSSR count). The zero-order chi connectivity index (χ0) is 18.8. The van der Waals surface area contributed by atoms with Gasteiger partial charge in [0, 0.05) is 10.4 Å². The Kier molecular flexibility index (Phi) is 5.61. The van der Waals surface area contributed by atoms with Gasteiger partial charge in [0.15, 0.2) is 0 Å². The van der Waals surface area contributed by atoms with Crippen molar-refractivity contribution in [3.8, 4) is 22.0 Å². The predicted octanol–water partition coefficient (Wildman–Crippen LogP) is 6.08. The van der Waals surface area contributed by atoms with E-state index in [1.807, 2.05) is 6.07 Å². The molecule has 4 nitrogen and oxygen atoms in total. The van der Waals surface area contributed by atoms with E-state index < -0.39 is 5.97 Å². The van der Waals surface area contributed by atoms with E-state index in [0.717, 1.165) is 22.6 Å². The average Bonchev–Trinajstić information content (AvgIpc) is 3.00. The quantitative estimate of drug-likeness (QED) is 0.557. The molecule has 1 aromatic carbocycles. The minimum Gasteiger partial charge on any atom is -0.477 e. The van der Waals surface area contributed by atoms with E-state index >= 15 is 0 Å². The molecule has 134 valence electrons. The summed E-state index contributed by atoms with van der Waals surface area (Å²) in [5.41, 5.74) is 2.26. The molecule has 0 aliphatic rings. The molecule has 0 fully saturated rings. The maximum Gasteiger partial charge on any atom is 0.354 e. The highest BCUT2D eigenvalue weighted by Crippen LogP contribution is 2.36. The molecule has 2 heterocycles. The van der Waals surface area contributed by atoms with E-state index in [2.05, 4.69) is 18.8 Å². The summed E-state index contributed by atoms with van der Waals surface area (Å²) in [6.45, 7) is 4.28. The number of carboxylic acids is 1. The second-order valence-corrected chi connectivity index (χ2v) is 8.13. The number of thiazole rings is 1. The van der Waals surface area contributed by atoms with Crippen molar-refractivity contribution in [3.63, 3.8) is 0 Å². The van der Waals surface area contributed by atoms with Crippen molar-refractivity contribution in [3.05, 3.63) is 57.0 Å². The summed E-state index contributed by atoms with van der Waals surface area (Å²) in [6.07, 6.45) is 0.853. The van der Waals surface area contributed by atoms with Crippen molar-refractivity contribution in [1.82, 2.24) is 9.97 Å². The number of aromatic carboxylic acids is 1. The highest BCUT2D eigenvalue weighted by Gasteiger charge is 2.18. The third kappa shape index (κ3) is 4.06. The first-order valence-corrected chi connectivity index (χ1v) is 9.58. The maximum absolute atomic E-state index is 11.2. The van der Waals surface area contributed by atoms with Crippen LogP contribution in [-0.4, -0.2) is 21.0 Å². The first-order valence-electron chi connectivity index (χ1n) is 8.01. The highest BCUT2D eigenvalue weighted by atomic mass is 35.5. The van der Waals surface area contributed by atoms with Crippen LogP contribution in [0.2, 0.25) is 10.0 Å². The molecule has 0 spiro atoms. The summed E-state index contributed by atoms with van der Waals surface area (Å²) in [7, 11) is 0. The lowest BCUT2D eigenvalue weighted by atomic mass is 10.0. The van der Waals surface area contributed by atoms with Crippen LogP contribution in [0.5, 0.6) is 0 Å². The lowest BCUT2D eigenvalue weighted by Crippen LogP contribution is -2.00. The summed E-state index contributed by atoms with van der Waals surface area (Å²) < 4.78 is 0. The molecule has 0 bridgehead atoms. The van der Waals surface area contributed by atoms with Crippen LogP contribution in [-0.2, 0) is 6.42 Å². The zero-order valence-corrected chi connectivity index (χ0v) is 16.5. The predicted molar refractivity (Wildman–Crippen MR) is 106 cm³/mol. The van der Waals surface area contributed by atoms with Gasteiger partial charge in [-0.3, -0.25) is 0 Å². The number of halogens is 2. The Balaban J connectivity index is 2.11. The molecule has 0 aliphatic heterocycles. The number of pyridine rings is 1. The second-order valence-electron chi connectivity index (χ2n) is 6.23. The lowest BCUT2D eigenvalue weighted by Gasteiger charge is -2.06. The van der Waals surface area contributed by atoms with Crippen LogP contribution >= 0.6 is 34.5 Å². The van der Waals surface area contributed by atoms with Gasteiger partial charge in [-0.05, 0) is 36.6 Å². The Morgan fingerprint density at radius 2 is 1.92 bits per heavy atom. The van der Waals surface area contributed by atoms with Crippen molar-refractivity contribution in [1.29, 1.82) is 0 Å². The van der Waals surface area contributed by atoms with Crippen molar-refractivity contribution < 1.29 is 9.90 Å². The molecule has 26 heavy (non-hydrogen) atoms. The number of benzene rings is 1. The molecule has 0 aliphatic carbocycles. The fraction of sp³-hybridized carbons (Fsp3) is 0.211. The van der Waals surface area contributed by atoms with E-state index in [1.54, 1.807) is 24.3 Å². The average molecular weight is 407 g/mol. The third-order valence-electron chi connectivity index (χ3n) is 3.67. The Hall–Kier alpha value is -1.95. The van der Waals surface area contributed by atoms with Gasteiger partial charge in [-0.25, -0.2) is 14.8 Å². The summed E-state index contributed by atoms with van der Waals surface area (Å²) in [5.74, 6) is -0.612. The van der Waals surface area contributed by atoms with E-state index in [4.69, 9.17) is 33.3 Å². The molecule has 0 radical (unpaired) electrons. The van der Waals surface area contributed by atoms with Crippen LogP contribution in [0.25, 0.3) is 22.0 Å². The standard InChI is InChI=1S/C19H16Cl2N2O2S/c1-10(2)8-16-17(11-6-7-12(20)13(21)9-11)23-18(26-16)14-4-3-5-15(22-14)19(24)25/h3-7,9-10H,8H2,1-2H3,(H,24,25). The zero-order valence-electron chi connectivity index (χ0n) is 14.2. The van der Waals surface area contributed by atoms with Gasteiger partial charge in [0.25, 0.3) is 0 Å². The molecule has 0 atom stereocenters. The number of carbonyl (C=O) groups is 1. The minimum absolute atomic E-state index is 0.000744. The second kappa shape index (κ2) is 7.74. The molecule has 7 heteroatoms. The molecule has 0 amide bonds. The van der Waals surface area contributed by atoms with E-state index in [-0.39, 0.29) is 5.69 Å². The van der Waals surface area contributed by atoms with Crippen LogP contribution in [0.3, 0.4) is 0 Å². The monoisotopic (exact) mass is 406 g/mol. The number of rotatable bonds is 5. The highest BCUT2D eigenvalue weighted by molar-refractivity contribution is 7.15. The van der Waals surface area contributed by atoms with Crippen LogP contribution in [0, 0.1) is 5.92 Å². The molecular weight excluding hydrogens is 391 g/mol. The summed E-state index contributed by atoms with van der Waals surface area (Å²) in [6, 6.07) is 10.3. The molecule has 3 aromatic rings. The number of hydrogen-bond acceptors (Lipinski definition) is 4. The van der Waals surface area contributed by atoms with Crippen molar-refractivity contribution in [2.24, 2.45) is 5.92 Å². The fourth-order valence-corrected chi connectivity index (χ4v) is 4.08. The molecule has 0 unspecified atom stereocenters. The van der Waals surface area contributed by atoms with Crippen molar-refractivity contribution in [2.75, 3.05) is 0 Å². The topological polar surface area (TPSA) is 63.1 Å². The number of hydrogen-bond donors (Lipinski definition) is 1. The molecule has 0 saturated carbocycles. The Morgan fingerprint density at radius 1 is 1.15 bits per heavy atom. The smallest absolute Gasteiger partial charge is 0.354 e. The van der Waals surface area contributed by atoms with Gasteiger partial charge in [0.05, 0.1) is 21.4 Å². The molecule has 0 saturated heterocycles. The van der Waals surface area contributed by atoms with E-state index in [1.165, 1.54) is 17.4 Å². The summed E-state index contributed by atoms with van der Waals surface area (Å²) >= 11 is 13.7. The van der Waals surface area contributed by atoms with Gasteiger partial charge in [-0.2, -0.15) is 0 Å². The van der Waals surface area contributed by atoms with Gasteiger partial charge >= 0.3 is 5.97 Å². The SMILES string of the molecule is CC(C)Cc1sc(-c2cccc(C(=O)O)n2)nc1-c1ccc(Cl)c(Cl)c1. The maximum atomic E-state index is 11.2. The van der Waals surface area contributed by atoms with Gasteiger partial charge in [-0.1, -0.05) is 49.2 Å². The minimum atomic E-state index is -1.06. The van der Waals surface area contributed by atoms with Crippen LogP contribution in [0.4, 0.5) is 0 Å². The molecule has 2 aromatic heterocycles. The first-order chi connectivity index (χ1) is 12.3. The first kappa shape index (κ1) is 18.8.